The molecule has 1 rings (SSSR count). The second kappa shape index (κ2) is 5.08. The Morgan fingerprint density at radius 2 is 2.17 bits per heavy atom. The van der Waals surface area contributed by atoms with Crippen LogP contribution in [-0.2, 0) is 0 Å². The van der Waals surface area contributed by atoms with E-state index in [-0.39, 0.29) is 0 Å². The highest BCUT2D eigenvalue weighted by molar-refractivity contribution is 6.18. The van der Waals surface area contributed by atoms with Crippen LogP contribution in [0.25, 0.3) is 0 Å². The van der Waals surface area contributed by atoms with Crippen LogP contribution >= 0.6 is 11.6 Å². The fourth-order valence-electron chi connectivity index (χ4n) is 1.77. The molecule has 0 aromatic rings. The van der Waals surface area contributed by atoms with E-state index >= 15 is 0 Å². The van der Waals surface area contributed by atoms with Gasteiger partial charge in [-0.2, -0.15) is 0 Å². The molecule has 1 fully saturated rings. The van der Waals surface area contributed by atoms with Gasteiger partial charge in [-0.05, 0) is 31.7 Å². The molecule has 0 spiro atoms. The molecule has 0 aromatic heterocycles. The van der Waals surface area contributed by atoms with Gasteiger partial charge in [-0.25, -0.2) is 0 Å². The number of halogens is 1. The van der Waals surface area contributed by atoms with Gasteiger partial charge in [0.05, 0.1) is 0 Å². The van der Waals surface area contributed by atoms with Gasteiger partial charge in [-0.1, -0.05) is 13.3 Å². The molecule has 72 valence electrons. The van der Waals surface area contributed by atoms with Crippen LogP contribution in [0.15, 0.2) is 0 Å². The largest absolute Gasteiger partial charge is 0.306 e. The van der Waals surface area contributed by atoms with Crippen LogP contribution in [-0.4, -0.2) is 30.9 Å². The molecule has 1 saturated carbocycles. The maximum absolute atomic E-state index is 5.75. The van der Waals surface area contributed by atoms with Crippen LogP contribution in [0.1, 0.15) is 26.2 Å². The number of rotatable bonds is 5. The second-order valence-electron chi connectivity index (χ2n) is 4.28. The summed E-state index contributed by atoms with van der Waals surface area (Å²) in [7, 11) is 2.21. The smallest absolute Gasteiger partial charge is 0.0261 e. The molecule has 0 aromatic carbocycles. The predicted octanol–water partition coefficient (Wildman–Crippen LogP) is 2.59. The highest BCUT2D eigenvalue weighted by Gasteiger charge is 2.19. The van der Waals surface area contributed by atoms with Crippen molar-refractivity contribution in [3.05, 3.63) is 0 Å². The van der Waals surface area contributed by atoms with Crippen molar-refractivity contribution in [2.75, 3.05) is 26.0 Å². The quantitative estimate of drug-likeness (QED) is 0.601. The van der Waals surface area contributed by atoms with E-state index in [2.05, 4.69) is 18.9 Å². The Labute approximate surface area is 81.1 Å². The van der Waals surface area contributed by atoms with Crippen LogP contribution in [0.4, 0.5) is 0 Å². The molecule has 2 heteroatoms. The van der Waals surface area contributed by atoms with Crippen LogP contribution in [0.3, 0.4) is 0 Å². The standard InChI is InChI=1S/C10H20ClN/c1-9(6-11)7-12(2)8-10-4-3-5-10/h9-10H,3-8H2,1-2H3. The highest BCUT2D eigenvalue weighted by atomic mass is 35.5. The lowest BCUT2D eigenvalue weighted by atomic mass is 9.85. The molecule has 12 heavy (non-hydrogen) atoms. The summed E-state index contributed by atoms with van der Waals surface area (Å²) in [5.41, 5.74) is 0. The van der Waals surface area contributed by atoms with Gasteiger partial charge in [0.25, 0.3) is 0 Å². The van der Waals surface area contributed by atoms with Crippen molar-refractivity contribution in [2.45, 2.75) is 26.2 Å². The third kappa shape index (κ3) is 3.32. The Kier molecular flexibility index (Phi) is 4.38. The van der Waals surface area contributed by atoms with Gasteiger partial charge in [0.15, 0.2) is 0 Å². The molecule has 1 aliphatic rings. The molecular weight excluding hydrogens is 170 g/mol. The summed E-state index contributed by atoms with van der Waals surface area (Å²) in [5, 5.41) is 0. The first-order valence-corrected chi connectivity index (χ1v) is 5.50. The summed E-state index contributed by atoms with van der Waals surface area (Å²) in [6.45, 7) is 4.64. The van der Waals surface area contributed by atoms with Crippen molar-refractivity contribution in [1.29, 1.82) is 0 Å². The Hall–Kier alpha value is 0.250. The topological polar surface area (TPSA) is 3.24 Å². The van der Waals surface area contributed by atoms with Gasteiger partial charge in [-0.3, -0.25) is 0 Å². The van der Waals surface area contributed by atoms with Crippen LogP contribution in [0, 0.1) is 11.8 Å². The van der Waals surface area contributed by atoms with E-state index in [1.807, 2.05) is 0 Å². The first-order valence-electron chi connectivity index (χ1n) is 4.97. The fraction of sp³-hybridized carbons (Fsp3) is 1.00. The minimum atomic E-state index is 0.636. The molecule has 0 radical (unpaired) electrons. The summed E-state index contributed by atoms with van der Waals surface area (Å²) in [6, 6.07) is 0. The highest BCUT2D eigenvalue weighted by Crippen LogP contribution is 2.26. The molecule has 0 aliphatic heterocycles. The predicted molar refractivity (Wildman–Crippen MR) is 54.7 cm³/mol. The first kappa shape index (κ1) is 10.3. The van der Waals surface area contributed by atoms with E-state index < -0.39 is 0 Å². The summed E-state index contributed by atoms with van der Waals surface area (Å²) < 4.78 is 0. The number of nitrogens with zero attached hydrogens (tertiary/aromatic N) is 1. The van der Waals surface area contributed by atoms with Crippen LogP contribution in [0.5, 0.6) is 0 Å². The zero-order valence-corrected chi connectivity index (χ0v) is 8.98. The maximum Gasteiger partial charge on any atom is 0.0261 e. The molecule has 0 bridgehead atoms. The first-order chi connectivity index (χ1) is 5.72. The lowest BCUT2D eigenvalue weighted by molar-refractivity contribution is 0.192. The molecule has 0 heterocycles. The van der Waals surface area contributed by atoms with Gasteiger partial charge in [-0.15, -0.1) is 11.6 Å². The Balaban J connectivity index is 2.05. The van der Waals surface area contributed by atoms with Gasteiger partial charge >= 0.3 is 0 Å². The minimum absolute atomic E-state index is 0.636. The fourth-order valence-corrected chi connectivity index (χ4v) is 1.87. The molecule has 0 saturated heterocycles. The molecule has 1 aliphatic carbocycles. The molecule has 0 N–H and O–H groups in total. The van der Waals surface area contributed by atoms with E-state index in [9.17, 15) is 0 Å². The molecule has 0 amide bonds. The van der Waals surface area contributed by atoms with Gasteiger partial charge < -0.3 is 4.90 Å². The molecule has 1 unspecified atom stereocenters. The zero-order chi connectivity index (χ0) is 8.97. The van der Waals surface area contributed by atoms with Crippen molar-refractivity contribution in [1.82, 2.24) is 4.90 Å². The van der Waals surface area contributed by atoms with Crippen LogP contribution in [0.2, 0.25) is 0 Å². The second-order valence-corrected chi connectivity index (χ2v) is 4.59. The zero-order valence-electron chi connectivity index (χ0n) is 8.22. The minimum Gasteiger partial charge on any atom is -0.306 e. The van der Waals surface area contributed by atoms with Crippen molar-refractivity contribution >= 4 is 11.6 Å². The third-order valence-corrected chi connectivity index (χ3v) is 3.21. The average molecular weight is 190 g/mol. The van der Waals surface area contributed by atoms with E-state index in [1.54, 1.807) is 0 Å². The molecule has 1 nitrogen and oxygen atoms in total. The Bertz CT molecular complexity index is 116. The van der Waals surface area contributed by atoms with Crippen molar-refractivity contribution in [2.24, 2.45) is 11.8 Å². The normalized spacial score (nSPS) is 21.0. The van der Waals surface area contributed by atoms with Gasteiger partial charge in [0, 0.05) is 19.0 Å². The monoisotopic (exact) mass is 189 g/mol. The van der Waals surface area contributed by atoms with E-state index in [0.29, 0.717) is 5.92 Å². The lowest BCUT2D eigenvalue weighted by Gasteiger charge is -2.31. The van der Waals surface area contributed by atoms with Crippen molar-refractivity contribution in [3.63, 3.8) is 0 Å². The Morgan fingerprint density at radius 3 is 2.58 bits per heavy atom. The van der Waals surface area contributed by atoms with E-state index in [0.717, 1.165) is 18.3 Å². The lowest BCUT2D eigenvalue weighted by Crippen LogP contribution is -2.32. The van der Waals surface area contributed by atoms with Gasteiger partial charge in [0.1, 0.15) is 0 Å². The summed E-state index contributed by atoms with van der Waals surface area (Å²) in [4.78, 5) is 2.43. The van der Waals surface area contributed by atoms with Crippen molar-refractivity contribution in [3.8, 4) is 0 Å². The van der Waals surface area contributed by atoms with E-state index in [4.69, 9.17) is 11.6 Å². The number of hydrogen-bond donors (Lipinski definition) is 0. The molecular formula is C10H20ClN. The average Bonchev–Trinajstić information content (AvgIpc) is 1.97. The summed E-state index contributed by atoms with van der Waals surface area (Å²) in [6.07, 6.45) is 4.34. The van der Waals surface area contributed by atoms with Crippen molar-refractivity contribution < 1.29 is 0 Å². The Morgan fingerprint density at radius 1 is 1.50 bits per heavy atom. The SMILES string of the molecule is CC(CCl)CN(C)CC1CCC1. The van der Waals surface area contributed by atoms with Crippen LogP contribution < -0.4 is 0 Å². The van der Waals surface area contributed by atoms with Gasteiger partial charge in [0.2, 0.25) is 0 Å². The number of hydrogen-bond acceptors (Lipinski definition) is 1. The molecule has 1 atom stereocenters. The number of alkyl halides is 1. The third-order valence-electron chi connectivity index (χ3n) is 2.68. The summed E-state index contributed by atoms with van der Waals surface area (Å²) >= 11 is 5.75. The van der Waals surface area contributed by atoms with E-state index in [1.165, 1.54) is 25.8 Å². The maximum atomic E-state index is 5.75. The summed E-state index contributed by atoms with van der Waals surface area (Å²) in [5.74, 6) is 2.41.